The van der Waals surface area contributed by atoms with E-state index < -0.39 is 0 Å². The normalized spacial score (nSPS) is 12.0. The van der Waals surface area contributed by atoms with Gasteiger partial charge in [-0.05, 0) is 31.5 Å². The minimum Gasteiger partial charge on any atom is -0.394 e. The lowest BCUT2D eigenvalue weighted by molar-refractivity contribution is 0.157. The van der Waals surface area contributed by atoms with Gasteiger partial charge in [-0.25, -0.2) is 9.48 Å². The fourth-order valence-electron chi connectivity index (χ4n) is 2.05. The number of hydrogen-bond donors (Lipinski definition) is 2. The van der Waals surface area contributed by atoms with Crippen molar-refractivity contribution in [3.05, 3.63) is 47.8 Å². The van der Waals surface area contributed by atoms with Crippen LogP contribution < -0.4 is 5.32 Å². The number of likely N-dealkylation sites (N-methyl/N-ethyl adjacent to an activating group) is 1. The number of aryl methyl sites for hydroxylation is 1. The molecule has 2 aromatic rings. The average Bonchev–Trinajstić information content (AvgIpc) is 2.97. The highest BCUT2D eigenvalue weighted by atomic mass is 16.3. The number of aliphatic hydroxyl groups excluding tert-OH is 1. The van der Waals surface area contributed by atoms with Crippen LogP contribution in [0, 0.1) is 6.92 Å². The first-order chi connectivity index (χ1) is 10.5. The predicted molar refractivity (Wildman–Crippen MR) is 84.8 cm³/mol. The maximum absolute atomic E-state index is 12.0. The molecular weight excluding hydrogens is 280 g/mol. The van der Waals surface area contributed by atoms with E-state index in [1.807, 2.05) is 43.5 Å². The lowest BCUT2D eigenvalue weighted by atomic mass is 10.2. The molecule has 0 saturated carbocycles. The Morgan fingerprint density at radius 2 is 2.14 bits per heavy atom. The summed E-state index contributed by atoms with van der Waals surface area (Å²) < 4.78 is 1.80. The first kappa shape index (κ1) is 16.0. The highest BCUT2D eigenvalue weighted by Gasteiger charge is 2.15. The van der Waals surface area contributed by atoms with Crippen LogP contribution in [0.25, 0.3) is 5.69 Å². The molecule has 0 bridgehead atoms. The lowest BCUT2D eigenvalue weighted by Crippen LogP contribution is -2.43. The number of nitrogens with one attached hydrogen (secondary N) is 1. The monoisotopic (exact) mass is 302 g/mol. The zero-order valence-electron chi connectivity index (χ0n) is 13.2. The van der Waals surface area contributed by atoms with Gasteiger partial charge >= 0.3 is 6.03 Å². The van der Waals surface area contributed by atoms with Gasteiger partial charge in [-0.2, -0.15) is 5.10 Å². The molecule has 2 N–H and O–H groups in total. The molecule has 22 heavy (non-hydrogen) atoms. The van der Waals surface area contributed by atoms with E-state index in [-0.39, 0.29) is 18.7 Å². The van der Waals surface area contributed by atoms with E-state index in [0.717, 1.165) is 16.9 Å². The maximum Gasteiger partial charge on any atom is 0.317 e. The third-order valence-corrected chi connectivity index (χ3v) is 3.64. The Morgan fingerprint density at radius 3 is 2.77 bits per heavy atom. The number of carbonyl (C=O) groups is 1. The van der Waals surface area contributed by atoms with Gasteiger partial charge in [0.25, 0.3) is 0 Å². The molecule has 0 spiro atoms. The smallest absolute Gasteiger partial charge is 0.317 e. The van der Waals surface area contributed by atoms with E-state index in [1.54, 1.807) is 18.7 Å². The Hall–Kier alpha value is -2.34. The summed E-state index contributed by atoms with van der Waals surface area (Å²) in [4.78, 5) is 13.5. The molecule has 118 valence electrons. The third kappa shape index (κ3) is 3.65. The Bertz CT molecular complexity index is 639. The van der Waals surface area contributed by atoms with E-state index in [9.17, 15) is 4.79 Å². The quantitative estimate of drug-likeness (QED) is 0.883. The van der Waals surface area contributed by atoms with E-state index in [2.05, 4.69) is 10.4 Å². The van der Waals surface area contributed by atoms with Crippen LogP contribution in [0.5, 0.6) is 0 Å². The van der Waals surface area contributed by atoms with Crippen molar-refractivity contribution in [2.45, 2.75) is 26.4 Å². The van der Waals surface area contributed by atoms with Gasteiger partial charge in [-0.3, -0.25) is 0 Å². The largest absolute Gasteiger partial charge is 0.394 e. The van der Waals surface area contributed by atoms with Crippen LogP contribution >= 0.6 is 0 Å². The van der Waals surface area contributed by atoms with Crippen LogP contribution in [0.4, 0.5) is 4.79 Å². The number of urea groups is 1. The number of nitrogens with zero attached hydrogens (tertiary/aromatic N) is 3. The fourth-order valence-corrected chi connectivity index (χ4v) is 2.05. The van der Waals surface area contributed by atoms with Gasteiger partial charge < -0.3 is 15.3 Å². The summed E-state index contributed by atoms with van der Waals surface area (Å²) in [5.41, 5.74) is 2.85. The van der Waals surface area contributed by atoms with E-state index in [4.69, 9.17) is 5.11 Å². The first-order valence-corrected chi connectivity index (χ1v) is 7.25. The van der Waals surface area contributed by atoms with Gasteiger partial charge in [0.2, 0.25) is 0 Å². The van der Waals surface area contributed by atoms with E-state index >= 15 is 0 Å². The summed E-state index contributed by atoms with van der Waals surface area (Å²) in [6, 6.07) is 9.30. The summed E-state index contributed by atoms with van der Waals surface area (Å²) in [5.74, 6) is 0. The van der Waals surface area contributed by atoms with Gasteiger partial charge in [0.1, 0.15) is 0 Å². The average molecular weight is 302 g/mol. The summed E-state index contributed by atoms with van der Waals surface area (Å²) >= 11 is 0. The highest BCUT2D eigenvalue weighted by Crippen LogP contribution is 2.14. The Balaban J connectivity index is 2.09. The van der Waals surface area contributed by atoms with Crippen molar-refractivity contribution in [1.82, 2.24) is 20.0 Å². The summed E-state index contributed by atoms with van der Waals surface area (Å²) in [6.07, 6.45) is 1.90. The number of aromatic nitrogens is 2. The molecule has 2 rings (SSSR count). The predicted octanol–water partition coefficient (Wildman–Crippen LogP) is 1.70. The second kappa shape index (κ2) is 7.09. The van der Waals surface area contributed by atoms with E-state index in [0.29, 0.717) is 6.54 Å². The molecule has 1 aromatic heterocycles. The minimum atomic E-state index is -0.219. The number of aliphatic hydroxyl groups is 1. The minimum absolute atomic E-state index is 0.0624. The van der Waals surface area contributed by atoms with Crippen LogP contribution in [0.2, 0.25) is 0 Å². The lowest BCUT2D eigenvalue weighted by Gasteiger charge is -2.23. The molecule has 0 aliphatic heterocycles. The number of para-hydroxylation sites is 1. The van der Waals surface area contributed by atoms with Crippen molar-refractivity contribution >= 4 is 6.03 Å². The molecule has 6 nitrogen and oxygen atoms in total. The van der Waals surface area contributed by atoms with Crippen molar-refractivity contribution < 1.29 is 9.90 Å². The number of hydrogen-bond acceptors (Lipinski definition) is 3. The number of carbonyl (C=O) groups excluding carboxylic acids is 1. The van der Waals surface area contributed by atoms with Gasteiger partial charge in [0.05, 0.1) is 24.0 Å². The zero-order valence-corrected chi connectivity index (χ0v) is 13.2. The molecule has 2 amide bonds. The van der Waals surface area contributed by atoms with Crippen molar-refractivity contribution in [2.24, 2.45) is 0 Å². The summed E-state index contributed by atoms with van der Waals surface area (Å²) in [6.45, 7) is 4.07. The second-order valence-electron chi connectivity index (χ2n) is 5.33. The number of rotatable bonds is 5. The molecule has 0 saturated heterocycles. The Labute approximate surface area is 130 Å². The van der Waals surface area contributed by atoms with Gasteiger partial charge in [0.15, 0.2) is 0 Å². The van der Waals surface area contributed by atoms with Crippen molar-refractivity contribution in [1.29, 1.82) is 0 Å². The maximum atomic E-state index is 12.0. The standard InChI is InChI=1S/C16H22N4O2/c1-12-8-9-20(18-12)15-7-5-4-6-14(15)10-17-16(22)19(3)13(2)11-21/h4-9,13,21H,10-11H2,1-3H3,(H,17,22). The van der Waals surface area contributed by atoms with Crippen LogP contribution in [-0.2, 0) is 6.54 Å². The van der Waals surface area contributed by atoms with Crippen molar-refractivity contribution in [2.75, 3.05) is 13.7 Å². The molecule has 6 heteroatoms. The molecule has 1 atom stereocenters. The Morgan fingerprint density at radius 1 is 1.41 bits per heavy atom. The molecule has 0 fully saturated rings. The van der Waals surface area contributed by atoms with E-state index in [1.165, 1.54) is 4.90 Å². The van der Waals surface area contributed by atoms with Crippen LogP contribution in [-0.4, -0.2) is 45.5 Å². The molecular formula is C16H22N4O2. The Kier molecular flexibility index (Phi) is 5.16. The van der Waals surface area contributed by atoms with Gasteiger partial charge in [0, 0.05) is 19.8 Å². The van der Waals surface area contributed by atoms with Gasteiger partial charge in [-0.1, -0.05) is 18.2 Å². The first-order valence-electron chi connectivity index (χ1n) is 7.25. The van der Waals surface area contributed by atoms with Crippen molar-refractivity contribution in [3.63, 3.8) is 0 Å². The van der Waals surface area contributed by atoms with Crippen LogP contribution in [0.15, 0.2) is 36.5 Å². The number of benzene rings is 1. The SMILES string of the molecule is Cc1ccn(-c2ccccc2CNC(=O)N(C)C(C)CO)n1. The molecule has 1 heterocycles. The molecule has 1 unspecified atom stereocenters. The summed E-state index contributed by atoms with van der Waals surface area (Å²) in [5, 5.41) is 16.4. The third-order valence-electron chi connectivity index (χ3n) is 3.64. The molecule has 0 radical (unpaired) electrons. The summed E-state index contributed by atoms with van der Waals surface area (Å²) in [7, 11) is 1.67. The van der Waals surface area contributed by atoms with Crippen molar-refractivity contribution in [3.8, 4) is 5.69 Å². The fraction of sp³-hybridized carbons (Fsp3) is 0.375. The number of amides is 2. The van der Waals surface area contributed by atoms with Crippen LogP contribution in [0.3, 0.4) is 0 Å². The highest BCUT2D eigenvalue weighted by molar-refractivity contribution is 5.74. The molecule has 0 aliphatic carbocycles. The molecule has 0 aliphatic rings. The molecule has 1 aromatic carbocycles. The second-order valence-corrected chi connectivity index (χ2v) is 5.33. The van der Waals surface area contributed by atoms with Crippen LogP contribution in [0.1, 0.15) is 18.2 Å². The zero-order chi connectivity index (χ0) is 16.1. The van der Waals surface area contributed by atoms with Gasteiger partial charge in [-0.15, -0.1) is 0 Å². The topological polar surface area (TPSA) is 70.4 Å².